The van der Waals surface area contributed by atoms with Crippen molar-refractivity contribution in [1.82, 2.24) is 4.72 Å². The first-order valence-corrected chi connectivity index (χ1v) is 10.4. The summed E-state index contributed by atoms with van der Waals surface area (Å²) in [4.78, 5) is 24.1. The van der Waals surface area contributed by atoms with Crippen LogP contribution in [-0.2, 0) is 26.2 Å². The van der Waals surface area contributed by atoms with Crippen molar-refractivity contribution in [2.75, 3.05) is 12.8 Å². The molecule has 0 radical (unpaired) electrons. The highest BCUT2D eigenvalue weighted by molar-refractivity contribution is 7.98. The van der Waals surface area contributed by atoms with Gasteiger partial charge >= 0.3 is 5.97 Å². The van der Waals surface area contributed by atoms with Gasteiger partial charge in [0.2, 0.25) is 10.0 Å². The maximum Gasteiger partial charge on any atom is 0.321 e. The molecule has 0 atom stereocenters. The van der Waals surface area contributed by atoms with Crippen molar-refractivity contribution in [1.29, 1.82) is 0 Å². The summed E-state index contributed by atoms with van der Waals surface area (Å²) < 4.78 is 31.6. The summed E-state index contributed by atoms with van der Waals surface area (Å²) in [5.41, 5.74) is 1.23. The second-order valence-corrected chi connectivity index (χ2v) is 8.06. The average molecular weight is 393 g/mol. The molecule has 1 N–H and O–H groups in total. The third kappa shape index (κ3) is 5.69. The minimum absolute atomic E-state index is 0.0250. The van der Waals surface area contributed by atoms with E-state index in [-0.39, 0.29) is 17.3 Å². The molecule has 2 aromatic rings. The maximum atomic E-state index is 12.2. The fourth-order valence-corrected chi connectivity index (χ4v) is 3.42. The predicted octanol–water partition coefficient (Wildman–Crippen LogP) is 2.63. The molecule has 0 spiro atoms. The molecule has 2 aromatic carbocycles. The van der Waals surface area contributed by atoms with E-state index >= 15 is 0 Å². The molecular formula is C18H19NO5S2. The summed E-state index contributed by atoms with van der Waals surface area (Å²) in [5, 5.41) is 0. The molecule has 0 aliphatic carbocycles. The Balaban J connectivity index is 1.87. The Labute approximate surface area is 157 Å². The van der Waals surface area contributed by atoms with E-state index in [1.54, 1.807) is 11.8 Å². The number of thioether (sulfide) groups is 1. The molecule has 0 unspecified atom stereocenters. The van der Waals surface area contributed by atoms with E-state index < -0.39 is 22.5 Å². The summed E-state index contributed by atoms with van der Waals surface area (Å²) in [7, 11) is -3.85. The highest BCUT2D eigenvalue weighted by Gasteiger charge is 2.16. The highest BCUT2D eigenvalue weighted by Crippen LogP contribution is 2.15. The number of benzene rings is 2. The lowest BCUT2D eigenvalue weighted by Crippen LogP contribution is -2.30. The van der Waals surface area contributed by atoms with Crippen LogP contribution < -0.4 is 4.72 Å². The number of carbonyl (C=O) groups excluding carboxylic acids is 2. The zero-order valence-electron chi connectivity index (χ0n) is 14.4. The van der Waals surface area contributed by atoms with Gasteiger partial charge in [0, 0.05) is 10.5 Å². The van der Waals surface area contributed by atoms with Gasteiger partial charge in [-0.15, -0.1) is 11.8 Å². The van der Waals surface area contributed by atoms with Crippen molar-refractivity contribution >= 4 is 33.5 Å². The molecule has 2 rings (SSSR count). The van der Waals surface area contributed by atoms with Gasteiger partial charge in [0.05, 0.1) is 4.90 Å². The molecule has 0 saturated heterocycles. The number of Topliss-reactive ketones (excluding diaryl/α,β-unsaturated/α-hetero) is 1. The molecule has 0 aromatic heterocycles. The summed E-state index contributed by atoms with van der Waals surface area (Å²) in [5.74, 6) is -0.834. The van der Waals surface area contributed by atoms with Crippen molar-refractivity contribution in [2.45, 2.75) is 23.3 Å². The summed E-state index contributed by atoms with van der Waals surface area (Å²) in [6.07, 6.45) is 1.97. The van der Waals surface area contributed by atoms with Gasteiger partial charge in [-0.3, -0.25) is 9.59 Å². The molecule has 0 amide bonds. The second-order valence-electron chi connectivity index (χ2n) is 5.41. The molecule has 0 fully saturated rings. The second kappa shape index (κ2) is 8.98. The van der Waals surface area contributed by atoms with E-state index in [0.29, 0.717) is 5.56 Å². The van der Waals surface area contributed by atoms with Gasteiger partial charge in [0.15, 0.2) is 5.78 Å². The van der Waals surface area contributed by atoms with Gasteiger partial charge < -0.3 is 4.74 Å². The number of hydrogen-bond donors (Lipinski definition) is 1. The van der Waals surface area contributed by atoms with Gasteiger partial charge in [-0.05, 0) is 43.0 Å². The van der Waals surface area contributed by atoms with Crippen LogP contribution in [0.25, 0.3) is 0 Å². The number of ether oxygens (including phenoxy) is 1. The first kappa shape index (κ1) is 20.2. The van der Waals surface area contributed by atoms with Gasteiger partial charge in [0.25, 0.3) is 0 Å². The van der Waals surface area contributed by atoms with E-state index in [4.69, 9.17) is 4.74 Å². The molecule has 0 saturated carbocycles. The van der Waals surface area contributed by atoms with Gasteiger partial charge in [-0.1, -0.05) is 24.3 Å². The first-order valence-electron chi connectivity index (χ1n) is 7.71. The topological polar surface area (TPSA) is 89.5 Å². The van der Waals surface area contributed by atoms with Crippen molar-refractivity contribution in [3.63, 3.8) is 0 Å². The first-order chi connectivity index (χ1) is 12.3. The minimum Gasteiger partial charge on any atom is -0.460 e. The van der Waals surface area contributed by atoms with Crippen LogP contribution in [-0.4, -0.2) is 33.0 Å². The van der Waals surface area contributed by atoms with Crippen LogP contribution in [0.4, 0.5) is 0 Å². The van der Waals surface area contributed by atoms with Crippen LogP contribution in [0.1, 0.15) is 22.8 Å². The smallest absolute Gasteiger partial charge is 0.321 e. The lowest BCUT2D eigenvalue weighted by molar-refractivity contribution is -0.143. The fraction of sp³-hybridized carbons (Fsp3) is 0.222. The number of carbonyl (C=O) groups is 2. The van der Waals surface area contributed by atoms with Gasteiger partial charge in [-0.2, -0.15) is 4.72 Å². The van der Waals surface area contributed by atoms with Crippen LogP contribution >= 0.6 is 11.8 Å². The van der Waals surface area contributed by atoms with E-state index in [2.05, 4.69) is 4.72 Å². The van der Waals surface area contributed by atoms with Crippen molar-refractivity contribution in [2.24, 2.45) is 0 Å². The summed E-state index contributed by atoms with van der Waals surface area (Å²) in [6.45, 7) is 0.995. The Kier molecular flexibility index (Phi) is 6.96. The molecule has 138 valence electrons. The highest BCUT2D eigenvalue weighted by atomic mass is 32.2. The molecule has 6 nitrogen and oxygen atoms in total. The molecular weight excluding hydrogens is 374 g/mol. The Morgan fingerprint density at radius 1 is 1.04 bits per heavy atom. The largest absolute Gasteiger partial charge is 0.460 e. The van der Waals surface area contributed by atoms with Crippen LogP contribution in [0.5, 0.6) is 0 Å². The maximum absolute atomic E-state index is 12.2. The quantitative estimate of drug-likeness (QED) is 0.421. The van der Waals surface area contributed by atoms with Gasteiger partial charge in [-0.25, -0.2) is 8.42 Å². The van der Waals surface area contributed by atoms with E-state index in [1.165, 1.54) is 31.2 Å². The predicted molar refractivity (Wildman–Crippen MR) is 99.7 cm³/mol. The van der Waals surface area contributed by atoms with E-state index in [0.717, 1.165) is 10.5 Å². The monoisotopic (exact) mass is 393 g/mol. The van der Waals surface area contributed by atoms with E-state index in [1.807, 2.05) is 30.5 Å². The standard InChI is InChI=1S/C18H19NO5S2/c1-13(20)15-5-9-17(10-6-15)26(22,23)19-11-18(21)24-12-14-3-7-16(25-2)8-4-14/h3-10,19H,11-12H2,1-2H3. The Morgan fingerprint density at radius 2 is 1.65 bits per heavy atom. The SMILES string of the molecule is CSc1ccc(COC(=O)CNS(=O)(=O)c2ccc(C(C)=O)cc2)cc1. The molecule has 0 aliphatic rings. The number of esters is 1. The zero-order chi connectivity index (χ0) is 19.2. The number of sulfonamides is 1. The molecule has 0 heterocycles. The van der Waals surface area contributed by atoms with Crippen molar-refractivity contribution in [3.05, 3.63) is 59.7 Å². The summed E-state index contributed by atoms with van der Waals surface area (Å²) >= 11 is 1.61. The number of hydrogen-bond acceptors (Lipinski definition) is 6. The molecule has 26 heavy (non-hydrogen) atoms. The number of nitrogens with one attached hydrogen (secondary N) is 1. The molecule has 8 heteroatoms. The van der Waals surface area contributed by atoms with Crippen molar-refractivity contribution in [3.8, 4) is 0 Å². The number of ketones is 1. The minimum atomic E-state index is -3.85. The fourth-order valence-electron chi connectivity index (χ4n) is 2.04. The Hall–Kier alpha value is -2.16. The third-order valence-corrected chi connectivity index (χ3v) is 5.70. The van der Waals surface area contributed by atoms with Crippen LogP contribution in [0.3, 0.4) is 0 Å². The normalized spacial score (nSPS) is 11.2. The Morgan fingerprint density at radius 3 is 2.19 bits per heavy atom. The lowest BCUT2D eigenvalue weighted by atomic mass is 10.2. The zero-order valence-corrected chi connectivity index (χ0v) is 16.0. The van der Waals surface area contributed by atoms with Crippen LogP contribution in [0.15, 0.2) is 58.3 Å². The Bertz CT molecular complexity index is 875. The summed E-state index contributed by atoms with van der Waals surface area (Å²) in [6, 6.07) is 13.0. The van der Waals surface area contributed by atoms with E-state index in [9.17, 15) is 18.0 Å². The average Bonchev–Trinajstić information content (AvgIpc) is 2.65. The number of rotatable bonds is 8. The third-order valence-electron chi connectivity index (χ3n) is 3.54. The molecule has 0 aliphatic heterocycles. The van der Waals surface area contributed by atoms with Crippen molar-refractivity contribution < 1.29 is 22.7 Å². The van der Waals surface area contributed by atoms with Gasteiger partial charge in [0.1, 0.15) is 13.2 Å². The lowest BCUT2D eigenvalue weighted by Gasteiger charge is -2.08. The van der Waals surface area contributed by atoms with Crippen LogP contribution in [0, 0.1) is 0 Å². The van der Waals surface area contributed by atoms with Crippen LogP contribution in [0.2, 0.25) is 0 Å². The molecule has 0 bridgehead atoms.